The molecule has 0 N–H and O–H groups in total. The second-order valence-electron chi connectivity index (χ2n) is 9.06. The summed E-state index contributed by atoms with van der Waals surface area (Å²) in [5.41, 5.74) is 12.4. The van der Waals surface area contributed by atoms with Gasteiger partial charge in [0.05, 0.1) is 0 Å². The molecular formula is C27H31N. The molecule has 0 unspecified atom stereocenters. The molecule has 0 saturated heterocycles. The summed E-state index contributed by atoms with van der Waals surface area (Å²) in [6.07, 6.45) is 0. The highest BCUT2D eigenvalue weighted by molar-refractivity contribution is 5.87. The van der Waals surface area contributed by atoms with Crippen LogP contribution >= 0.6 is 0 Å². The van der Waals surface area contributed by atoms with E-state index < -0.39 is 0 Å². The van der Waals surface area contributed by atoms with Crippen LogP contribution in [0.4, 0.5) is 11.4 Å². The number of nitrogens with zero attached hydrogens (tertiary/aromatic N) is 1. The van der Waals surface area contributed by atoms with Crippen LogP contribution in [-0.2, 0) is 5.41 Å². The zero-order valence-corrected chi connectivity index (χ0v) is 18.2. The standard InChI is InChI=1S/C27H31N/c1-17(2)28(24-14-9-8-11-18(24)3)25-16-21-23(15-20(25)5)27(6,7)22-13-10-12-19(4)26(21)22/h8-17H,1-7H3. The molecule has 4 rings (SSSR count). The van der Waals surface area contributed by atoms with Gasteiger partial charge in [0.2, 0.25) is 0 Å². The minimum Gasteiger partial charge on any atom is -0.338 e. The van der Waals surface area contributed by atoms with Gasteiger partial charge in [0.15, 0.2) is 0 Å². The third-order valence-electron chi connectivity index (χ3n) is 6.38. The van der Waals surface area contributed by atoms with Crippen LogP contribution in [0.25, 0.3) is 11.1 Å². The molecule has 1 nitrogen and oxygen atoms in total. The summed E-state index contributed by atoms with van der Waals surface area (Å²) < 4.78 is 0. The third-order valence-corrected chi connectivity index (χ3v) is 6.38. The number of rotatable bonds is 3. The first-order valence-corrected chi connectivity index (χ1v) is 10.3. The van der Waals surface area contributed by atoms with Crippen molar-refractivity contribution in [1.82, 2.24) is 0 Å². The average Bonchev–Trinajstić information content (AvgIpc) is 2.85. The Bertz CT molecular complexity index is 1060. The Morgan fingerprint density at radius 1 is 0.714 bits per heavy atom. The molecule has 0 radical (unpaired) electrons. The first kappa shape index (κ1) is 18.8. The van der Waals surface area contributed by atoms with Crippen molar-refractivity contribution >= 4 is 11.4 Å². The van der Waals surface area contributed by atoms with Gasteiger partial charge in [-0.1, -0.05) is 56.3 Å². The molecule has 1 aliphatic carbocycles. The van der Waals surface area contributed by atoms with Gasteiger partial charge in [0.25, 0.3) is 0 Å². The quantitative estimate of drug-likeness (QED) is 0.463. The lowest BCUT2D eigenvalue weighted by Gasteiger charge is -2.33. The maximum absolute atomic E-state index is 2.49. The number of benzene rings is 3. The Balaban J connectivity index is 1.99. The van der Waals surface area contributed by atoms with Gasteiger partial charge in [0.1, 0.15) is 0 Å². The highest BCUT2D eigenvalue weighted by Gasteiger charge is 2.37. The van der Waals surface area contributed by atoms with Crippen LogP contribution < -0.4 is 4.90 Å². The van der Waals surface area contributed by atoms with E-state index in [-0.39, 0.29) is 5.41 Å². The first-order chi connectivity index (χ1) is 13.2. The number of aryl methyl sites for hydroxylation is 3. The van der Waals surface area contributed by atoms with Crippen LogP contribution in [0, 0.1) is 20.8 Å². The molecule has 0 amide bonds. The van der Waals surface area contributed by atoms with E-state index in [1.165, 1.54) is 50.3 Å². The minimum atomic E-state index is 0.0469. The number of fused-ring (bicyclic) bond motifs is 3. The molecule has 3 aromatic rings. The molecule has 0 heterocycles. The van der Waals surface area contributed by atoms with Crippen molar-refractivity contribution in [3.05, 3.63) is 82.4 Å². The van der Waals surface area contributed by atoms with Gasteiger partial charge in [-0.05, 0) is 85.7 Å². The summed E-state index contributed by atoms with van der Waals surface area (Å²) in [6.45, 7) is 16.0. The maximum atomic E-state index is 2.49. The zero-order chi connectivity index (χ0) is 20.2. The molecule has 0 saturated carbocycles. The summed E-state index contributed by atoms with van der Waals surface area (Å²) in [5.74, 6) is 0. The molecule has 0 atom stereocenters. The predicted octanol–water partition coefficient (Wildman–Crippen LogP) is 7.46. The molecule has 0 aliphatic heterocycles. The summed E-state index contributed by atoms with van der Waals surface area (Å²) >= 11 is 0. The van der Waals surface area contributed by atoms with Gasteiger partial charge in [-0.2, -0.15) is 0 Å². The molecule has 0 fully saturated rings. The van der Waals surface area contributed by atoms with Crippen molar-refractivity contribution in [1.29, 1.82) is 0 Å². The number of hydrogen-bond acceptors (Lipinski definition) is 1. The second kappa shape index (κ2) is 6.51. The van der Waals surface area contributed by atoms with Gasteiger partial charge >= 0.3 is 0 Å². The summed E-state index contributed by atoms with van der Waals surface area (Å²) in [4.78, 5) is 2.49. The van der Waals surface area contributed by atoms with Crippen LogP contribution in [0.5, 0.6) is 0 Å². The highest BCUT2D eigenvalue weighted by Crippen LogP contribution is 2.52. The fourth-order valence-corrected chi connectivity index (χ4v) is 4.89. The van der Waals surface area contributed by atoms with E-state index in [0.717, 1.165) is 0 Å². The topological polar surface area (TPSA) is 3.24 Å². The van der Waals surface area contributed by atoms with Gasteiger partial charge in [-0.25, -0.2) is 0 Å². The van der Waals surface area contributed by atoms with Crippen LogP contribution in [-0.4, -0.2) is 6.04 Å². The maximum Gasteiger partial charge on any atom is 0.0449 e. The molecule has 0 spiro atoms. The molecule has 3 aromatic carbocycles. The van der Waals surface area contributed by atoms with Gasteiger partial charge < -0.3 is 4.90 Å². The Labute approximate surface area is 170 Å². The summed E-state index contributed by atoms with van der Waals surface area (Å²) in [6, 6.07) is 20.7. The SMILES string of the molecule is Cc1ccccc1N(c1cc2c(cc1C)C(C)(C)c1cccc(C)c1-2)C(C)C. The molecule has 0 aromatic heterocycles. The Hall–Kier alpha value is -2.54. The first-order valence-electron chi connectivity index (χ1n) is 10.3. The van der Waals surface area contributed by atoms with Gasteiger partial charge in [-0.15, -0.1) is 0 Å². The van der Waals surface area contributed by atoms with Crippen molar-refractivity contribution in [2.24, 2.45) is 0 Å². The monoisotopic (exact) mass is 369 g/mol. The van der Waals surface area contributed by atoms with Crippen LogP contribution in [0.2, 0.25) is 0 Å². The lowest BCUT2D eigenvalue weighted by molar-refractivity contribution is 0.659. The van der Waals surface area contributed by atoms with Gasteiger partial charge in [-0.3, -0.25) is 0 Å². The smallest absolute Gasteiger partial charge is 0.0449 e. The fourth-order valence-electron chi connectivity index (χ4n) is 4.89. The summed E-state index contributed by atoms with van der Waals surface area (Å²) in [7, 11) is 0. The van der Waals surface area contributed by atoms with E-state index >= 15 is 0 Å². The van der Waals surface area contributed by atoms with E-state index in [9.17, 15) is 0 Å². The zero-order valence-electron chi connectivity index (χ0n) is 18.2. The van der Waals surface area contributed by atoms with Gasteiger partial charge in [0, 0.05) is 22.8 Å². The highest BCUT2D eigenvalue weighted by atomic mass is 15.2. The number of para-hydroxylation sites is 1. The Morgan fingerprint density at radius 3 is 2.07 bits per heavy atom. The third kappa shape index (κ3) is 2.68. The second-order valence-corrected chi connectivity index (χ2v) is 9.06. The Kier molecular flexibility index (Phi) is 4.38. The van der Waals surface area contributed by atoms with Crippen LogP contribution in [0.3, 0.4) is 0 Å². The van der Waals surface area contributed by atoms with Crippen LogP contribution in [0.1, 0.15) is 55.5 Å². The van der Waals surface area contributed by atoms with Crippen molar-refractivity contribution in [3.63, 3.8) is 0 Å². The van der Waals surface area contributed by atoms with E-state index in [1.807, 2.05) is 0 Å². The van der Waals surface area contributed by atoms with Crippen molar-refractivity contribution in [2.45, 2.75) is 59.9 Å². The van der Waals surface area contributed by atoms with Crippen LogP contribution in [0.15, 0.2) is 54.6 Å². The number of hydrogen-bond donors (Lipinski definition) is 0. The molecule has 1 heteroatoms. The molecule has 144 valence electrons. The molecule has 0 bridgehead atoms. The summed E-state index contributed by atoms with van der Waals surface area (Å²) in [5, 5.41) is 0. The molecule has 1 aliphatic rings. The normalized spacial score (nSPS) is 14.1. The van der Waals surface area contributed by atoms with Crippen molar-refractivity contribution < 1.29 is 0 Å². The van der Waals surface area contributed by atoms with Crippen molar-refractivity contribution in [3.8, 4) is 11.1 Å². The fraction of sp³-hybridized carbons (Fsp3) is 0.333. The predicted molar refractivity (Wildman–Crippen MR) is 122 cm³/mol. The average molecular weight is 370 g/mol. The van der Waals surface area contributed by atoms with E-state index in [4.69, 9.17) is 0 Å². The molecular weight excluding hydrogens is 338 g/mol. The van der Waals surface area contributed by atoms with E-state index in [0.29, 0.717) is 6.04 Å². The minimum absolute atomic E-state index is 0.0469. The van der Waals surface area contributed by atoms with E-state index in [1.54, 1.807) is 0 Å². The lowest BCUT2D eigenvalue weighted by atomic mass is 9.81. The largest absolute Gasteiger partial charge is 0.338 e. The lowest BCUT2D eigenvalue weighted by Crippen LogP contribution is -2.27. The van der Waals surface area contributed by atoms with Crippen molar-refractivity contribution in [2.75, 3.05) is 4.90 Å². The van der Waals surface area contributed by atoms with E-state index in [2.05, 4.69) is 108 Å². The number of anilines is 2. The molecule has 28 heavy (non-hydrogen) atoms. The Morgan fingerprint density at radius 2 is 1.39 bits per heavy atom.